The Balaban J connectivity index is 1.73. The Labute approximate surface area is 277 Å². The highest BCUT2D eigenvalue weighted by atomic mass is 28.4. The number of hydrogen-bond donors (Lipinski definition) is 1. The summed E-state index contributed by atoms with van der Waals surface area (Å²) in [7, 11) is -5.41. The summed E-state index contributed by atoms with van der Waals surface area (Å²) in [4.78, 5) is 0. The Morgan fingerprint density at radius 2 is 1.27 bits per heavy atom. The topological polar surface area (TPSA) is 47.9 Å². The van der Waals surface area contributed by atoms with Gasteiger partial charge in [0.1, 0.15) is 0 Å². The third kappa shape index (κ3) is 7.39. The van der Waals surface area contributed by atoms with E-state index in [2.05, 4.69) is 100 Å². The number of hydrogen-bond acceptors (Lipinski definition) is 4. The lowest BCUT2D eigenvalue weighted by molar-refractivity contribution is -0.269. The van der Waals surface area contributed by atoms with Gasteiger partial charge in [0.15, 0.2) is 25.0 Å². The standard InChI is InChI=1S/C37H74O4Si3/c1-25(2)26(3)16-17-27(4)30-18-19-31-29-22-34(41-44(13,14)15)37(38)24-28(39-42(7,8)9)20-21-35(37,5)32(29)23-33(36(30,31)6)40-43(10,11)12/h25-34,38H,16-24H2,1-15H3/t26-,27+,28-,29-,30+,31-,32-,33-,34+,35+,36+,37-/m0/s1. The van der Waals surface area contributed by atoms with Crippen LogP contribution < -0.4 is 0 Å². The molecule has 7 heteroatoms. The summed E-state index contributed by atoms with van der Waals surface area (Å²) < 4.78 is 21.2. The first kappa shape index (κ1) is 37.3. The molecule has 12 atom stereocenters. The second kappa shape index (κ2) is 12.7. The van der Waals surface area contributed by atoms with Gasteiger partial charge in [-0.05, 0) is 144 Å². The molecular formula is C37H74O4Si3. The van der Waals surface area contributed by atoms with Gasteiger partial charge in [0, 0.05) is 17.9 Å². The van der Waals surface area contributed by atoms with Crippen LogP contribution in [0.3, 0.4) is 0 Å². The van der Waals surface area contributed by atoms with Crippen molar-refractivity contribution >= 4 is 25.0 Å². The molecule has 0 aromatic heterocycles. The van der Waals surface area contributed by atoms with Crippen molar-refractivity contribution in [3.05, 3.63) is 0 Å². The second-order valence-corrected chi connectivity index (χ2v) is 33.4. The van der Waals surface area contributed by atoms with E-state index in [9.17, 15) is 5.11 Å². The Morgan fingerprint density at radius 1 is 0.705 bits per heavy atom. The lowest BCUT2D eigenvalue weighted by Gasteiger charge is -2.68. The lowest BCUT2D eigenvalue weighted by atomic mass is 9.41. The molecule has 0 aliphatic heterocycles. The Bertz CT molecular complexity index is 985. The van der Waals surface area contributed by atoms with E-state index < -0.39 is 30.6 Å². The maximum absolute atomic E-state index is 13.1. The van der Waals surface area contributed by atoms with Crippen molar-refractivity contribution in [3.8, 4) is 0 Å². The third-order valence-corrected chi connectivity index (χ3v) is 16.4. The summed E-state index contributed by atoms with van der Waals surface area (Å²) in [6, 6.07) is 0. The molecule has 0 aromatic carbocycles. The van der Waals surface area contributed by atoms with Crippen molar-refractivity contribution in [1.29, 1.82) is 0 Å². The van der Waals surface area contributed by atoms with E-state index in [0.29, 0.717) is 23.7 Å². The van der Waals surface area contributed by atoms with Crippen LogP contribution in [0.2, 0.25) is 58.9 Å². The van der Waals surface area contributed by atoms with Gasteiger partial charge in [0.25, 0.3) is 0 Å². The molecule has 0 heterocycles. The third-order valence-electron chi connectivity index (χ3n) is 13.3. The molecule has 4 fully saturated rings. The van der Waals surface area contributed by atoms with Crippen LogP contribution in [-0.4, -0.2) is 54.0 Å². The Hall–Kier alpha value is 0.491. The predicted octanol–water partition coefficient (Wildman–Crippen LogP) is 10.3. The molecule has 0 bridgehead atoms. The molecule has 4 nitrogen and oxygen atoms in total. The first-order valence-corrected chi connectivity index (χ1v) is 28.9. The Kier molecular flexibility index (Phi) is 10.8. The van der Waals surface area contributed by atoms with Crippen molar-refractivity contribution in [1.82, 2.24) is 0 Å². The second-order valence-electron chi connectivity index (χ2n) is 20.0. The SMILES string of the molecule is CC(C)[C@@H](C)CC[C@@H](C)[C@H]1CC[C@H]2[C@@H]3C[C@@H](O[Si](C)(C)C)[C@@]4(O)C[C@@H](O[Si](C)(C)C)CC[C@]4(C)[C@H]3C[C@H](O[Si](C)(C)C)[C@]12C. The van der Waals surface area contributed by atoms with E-state index >= 15 is 0 Å². The molecule has 4 aliphatic carbocycles. The maximum Gasteiger partial charge on any atom is 0.184 e. The van der Waals surface area contributed by atoms with Gasteiger partial charge < -0.3 is 18.4 Å². The van der Waals surface area contributed by atoms with Crippen LogP contribution >= 0.6 is 0 Å². The van der Waals surface area contributed by atoms with Crippen molar-refractivity contribution in [2.24, 2.45) is 52.3 Å². The highest BCUT2D eigenvalue weighted by Gasteiger charge is 2.70. The van der Waals surface area contributed by atoms with Crippen molar-refractivity contribution in [2.45, 2.75) is 182 Å². The summed E-state index contributed by atoms with van der Waals surface area (Å²) in [5.41, 5.74) is -0.847. The fourth-order valence-electron chi connectivity index (χ4n) is 11.0. The molecule has 44 heavy (non-hydrogen) atoms. The minimum atomic E-state index is -1.90. The van der Waals surface area contributed by atoms with Gasteiger partial charge in [-0.25, -0.2) is 0 Å². The molecule has 4 saturated carbocycles. The first-order valence-electron chi connectivity index (χ1n) is 18.7. The average Bonchev–Trinajstić information content (AvgIpc) is 3.20. The van der Waals surface area contributed by atoms with E-state index in [-0.39, 0.29) is 29.1 Å². The number of aliphatic hydroxyl groups is 1. The summed E-state index contributed by atoms with van der Waals surface area (Å²) in [5, 5.41) is 13.1. The van der Waals surface area contributed by atoms with E-state index in [1.54, 1.807) is 0 Å². The molecular weight excluding hydrogens is 593 g/mol. The van der Waals surface area contributed by atoms with Crippen molar-refractivity contribution in [2.75, 3.05) is 0 Å². The van der Waals surface area contributed by atoms with Crippen LogP contribution in [0.25, 0.3) is 0 Å². The van der Waals surface area contributed by atoms with Gasteiger partial charge in [0.2, 0.25) is 0 Å². The maximum atomic E-state index is 13.1. The Morgan fingerprint density at radius 3 is 1.82 bits per heavy atom. The van der Waals surface area contributed by atoms with E-state index in [1.807, 2.05) is 0 Å². The van der Waals surface area contributed by atoms with Gasteiger partial charge in [-0.2, -0.15) is 0 Å². The summed E-state index contributed by atoms with van der Waals surface area (Å²) in [5.74, 6) is 4.66. The minimum Gasteiger partial charge on any atom is -0.415 e. The average molecular weight is 667 g/mol. The summed E-state index contributed by atoms with van der Waals surface area (Å²) in [6.07, 6.45) is 10.5. The molecule has 0 radical (unpaired) electrons. The largest absolute Gasteiger partial charge is 0.415 e. The van der Waals surface area contributed by atoms with E-state index in [1.165, 1.54) is 25.7 Å². The molecule has 0 aromatic rings. The summed E-state index contributed by atoms with van der Waals surface area (Å²) in [6.45, 7) is 35.9. The van der Waals surface area contributed by atoms with Gasteiger partial charge in [-0.15, -0.1) is 0 Å². The zero-order chi connectivity index (χ0) is 33.3. The zero-order valence-electron chi connectivity index (χ0n) is 31.8. The minimum absolute atomic E-state index is 0.101. The highest BCUT2D eigenvalue weighted by Crippen LogP contribution is 2.70. The van der Waals surface area contributed by atoms with Gasteiger partial charge in [-0.1, -0.05) is 54.4 Å². The highest BCUT2D eigenvalue weighted by molar-refractivity contribution is 6.70. The van der Waals surface area contributed by atoms with Gasteiger partial charge in [-0.3, -0.25) is 0 Å². The van der Waals surface area contributed by atoms with Crippen LogP contribution in [0.4, 0.5) is 0 Å². The van der Waals surface area contributed by atoms with Crippen LogP contribution in [0, 0.1) is 52.3 Å². The first-order chi connectivity index (χ1) is 19.9. The quantitative estimate of drug-likeness (QED) is 0.223. The molecule has 1 N–H and O–H groups in total. The van der Waals surface area contributed by atoms with Gasteiger partial charge >= 0.3 is 0 Å². The van der Waals surface area contributed by atoms with Crippen LogP contribution in [0.15, 0.2) is 0 Å². The van der Waals surface area contributed by atoms with Crippen molar-refractivity contribution in [3.63, 3.8) is 0 Å². The summed E-state index contributed by atoms with van der Waals surface area (Å²) >= 11 is 0. The monoisotopic (exact) mass is 666 g/mol. The van der Waals surface area contributed by atoms with Crippen LogP contribution in [0.1, 0.15) is 99.3 Å². The van der Waals surface area contributed by atoms with Crippen molar-refractivity contribution < 1.29 is 18.4 Å². The van der Waals surface area contributed by atoms with Crippen LogP contribution in [-0.2, 0) is 13.3 Å². The smallest absolute Gasteiger partial charge is 0.184 e. The molecule has 4 aliphatic rings. The molecule has 258 valence electrons. The number of fused-ring (bicyclic) bond motifs is 5. The fraction of sp³-hybridized carbons (Fsp3) is 1.00. The molecule has 4 rings (SSSR count). The molecule has 0 saturated heterocycles. The lowest BCUT2D eigenvalue weighted by Crippen LogP contribution is -2.71. The van der Waals surface area contributed by atoms with E-state index in [0.717, 1.165) is 49.9 Å². The predicted molar refractivity (Wildman–Crippen MR) is 194 cm³/mol. The van der Waals surface area contributed by atoms with Crippen LogP contribution in [0.5, 0.6) is 0 Å². The van der Waals surface area contributed by atoms with E-state index in [4.69, 9.17) is 13.3 Å². The zero-order valence-corrected chi connectivity index (χ0v) is 34.8. The number of rotatable bonds is 11. The molecule has 0 amide bonds. The fourth-order valence-corrected chi connectivity index (χ4v) is 14.5. The van der Waals surface area contributed by atoms with Gasteiger partial charge in [0.05, 0.1) is 17.8 Å². The normalized spacial score (nSPS) is 42.9. The molecule has 0 spiro atoms. The molecule has 0 unspecified atom stereocenters.